The second-order valence-corrected chi connectivity index (χ2v) is 5.49. The zero-order valence-electron chi connectivity index (χ0n) is 11.7. The highest BCUT2D eigenvalue weighted by atomic mass is 16.6. The summed E-state index contributed by atoms with van der Waals surface area (Å²) >= 11 is 0. The van der Waals surface area contributed by atoms with Crippen molar-refractivity contribution in [1.82, 2.24) is 20.3 Å². The van der Waals surface area contributed by atoms with Gasteiger partial charge in [0.25, 0.3) is 0 Å². The maximum atomic E-state index is 5.94. The fourth-order valence-electron chi connectivity index (χ4n) is 2.26. The Bertz CT molecular complexity index is 602. The lowest BCUT2D eigenvalue weighted by Crippen LogP contribution is -2.52. The molecule has 1 unspecified atom stereocenters. The lowest BCUT2D eigenvalue weighted by molar-refractivity contribution is -0.107. The molecule has 0 bridgehead atoms. The van der Waals surface area contributed by atoms with Gasteiger partial charge in [-0.1, -0.05) is 0 Å². The number of fused-ring (bicyclic) bond motifs is 1. The van der Waals surface area contributed by atoms with Gasteiger partial charge in [-0.3, -0.25) is 4.98 Å². The highest BCUT2D eigenvalue weighted by molar-refractivity contribution is 5.69. The van der Waals surface area contributed by atoms with Crippen molar-refractivity contribution < 1.29 is 9.47 Å². The molecule has 6 nitrogen and oxygen atoms in total. The minimum Gasteiger partial charge on any atom is -0.475 e. The Balaban J connectivity index is 1.65. The summed E-state index contributed by atoms with van der Waals surface area (Å²) in [6.45, 7) is 6.24. The van der Waals surface area contributed by atoms with E-state index in [9.17, 15) is 0 Å². The molecule has 3 heterocycles. The van der Waals surface area contributed by atoms with Crippen molar-refractivity contribution in [2.75, 3.05) is 19.7 Å². The molecule has 0 radical (unpaired) electrons. The second-order valence-electron chi connectivity index (χ2n) is 5.49. The zero-order valence-corrected chi connectivity index (χ0v) is 11.7. The summed E-state index contributed by atoms with van der Waals surface area (Å²) in [7, 11) is 0. The first kappa shape index (κ1) is 13.2. The molecule has 6 heteroatoms. The Kier molecular flexibility index (Phi) is 3.50. The Hall–Kier alpha value is -1.79. The number of nitrogens with zero attached hydrogens (tertiary/aromatic N) is 3. The first-order valence-corrected chi connectivity index (χ1v) is 6.71. The fraction of sp³-hybridized carbons (Fsp3) is 0.500. The topological polar surface area (TPSA) is 69.2 Å². The van der Waals surface area contributed by atoms with Crippen LogP contribution in [-0.2, 0) is 4.74 Å². The van der Waals surface area contributed by atoms with Crippen molar-refractivity contribution in [1.29, 1.82) is 0 Å². The van der Waals surface area contributed by atoms with Crippen LogP contribution < -0.4 is 10.1 Å². The standard InChI is InChI=1S/C14H18N4O2/c1-14(2)9-15-7-10(20-14)8-19-12-4-3-11-13(18-12)17-6-5-16-11/h3-6,10,15H,7-9H2,1-2H3. The molecule has 0 amide bonds. The fourth-order valence-corrected chi connectivity index (χ4v) is 2.26. The molecular formula is C14H18N4O2. The maximum Gasteiger partial charge on any atom is 0.215 e. The van der Waals surface area contributed by atoms with Crippen LogP contribution in [0.5, 0.6) is 5.88 Å². The van der Waals surface area contributed by atoms with Gasteiger partial charge >= 0.3 is 0 Å². The molecule has 1 aliphatic rings. The average Bonchev–Trinajstić information content (AvgIpc) is 2.44. The van der Waals surface area contributed by atoms with E-state index in [-0.39, 0.29) is 11.7 Å². The first-order valence-electron chi connectivity index (χ1n) is 6.71. The number of rotatable bonds is 3. The van der Waals surface area contributed by atoms with Crippen LogP contribution in [0.25, 0.3) is 11.2 Å². The molecule has 1 aliphatic heterocycles. The summed E-state index contributed by atoms with van der Waals surface area (Å²) in [5, 5.41) is 3.34. The number of hydrogen-bond acceptors (Lipinski definition) is 6. The van der Waals surface area contributed by atoms with Gasteiger partial charge in [0.15, 0.2) is 5.65 Å². The van der Waals surface area contributed by atoms with Gasteiger partial charge in [-0.05, 0) is 19.9 Å². The van der Waals surface area contributed by atoms with E-state index in [1.165, 1.54) is 0 Å². The summed E-state index contributed by atoms with van der Waals surface area (Å²) in [6.07, 6.45) is 3.29. The molecular weight excluding hydrogens is 256 g/mol. The van der Waals surface area contributed by atoms with Crippen LogP contribution in [0.1, 0.15) is 13.8 Å². The largest absolute Gasteiger partial charge is 0.475 e. The Morgan fingerprint density at radius 1 is 1.35 bits per heavy atom. The third-order valence-corrected chi connectivity index (χ3v) is 3.13. The van der Waals surface area contributed by atoms with E-state index >= 15 is 0 Å². The molecule has 0 saturated carbocycles. The van der Waals surface area contributed by atoms with Gasteiger partial charge in [0.1, 0.15) is 18.2 Å². The van der Waals surface area contributed by atoms with E-state index in [0.717, 1.165) is 18.6 Å². The van der Waals surface area contributed by atoms with Crippen molar-refractivity contribution in [2.45, 2.75) is 25.6 Å². The van der Waals surface area contributed by atoms with Gasteiger partial charge in [0.2, 0.25) is 5.88 Å². The maximum absolute atomic E-state index is 5.94. The highest BCUT2D eigenvalue weighted by Crippen LogP contribution is 2.17. The van der Waals surface area contributed by atoms with Crippen LogP contribution in [0.2, 0.25) is 0 Å². The Morgan fingerprint density at radius 2 is 2.20 bits per heavy atom. The number of nitrogens with one attached hydrogen (secondary N) is 1. The molecule has 3 rings (SSSR count). The van der Waals surface area contributed by atoms with E-state index in [1.807, 2.05) is 6.07 Å². The van der Waals surface area contributed by atoms with E-state index in [0.29, 0.717) is 18.1 Å². The third kappa shape index (κ3) is 3.02. The minimum atomic E-state index is -0.158. The summed E-state index contributed by atoms with van der Waals surface area (Å²) in [6, 6.07) is 3.66. The monoisotopic (exact) mass is 274 g/mol. The molecule has 106 valence electrons. The molecule has 2 aromatic heterocycles. The molecule has 20 heavy (non-hydrogen) atoms. The van der Waals surface area contributed by atoms with Crippen molar-refractivity contribution in [3.8, 4) is 5.88 Å². The van der Waals surface area contributed by atoms with Crippen LogP contribution in [-0.4, -0.2) is 46.4 Å². The predicted molar refractivity (Wildman–Crippen MR) is 74.6 cm³/mol. The summed E-state index contributed by atoms with van der Waals surface area (Å²) in [5.41, 5.74) is 1.19. The van der Waals surface area contributed by atoms with Gasteiger partial charge in [-0.25, -0.2) is 4.98 Å². The Labute approximate surface area is 117 Å². The van der Waals surface area contributed by atoms with Crippen LogP contribution >= 0.6 is 0 Å². The van der Waals surface area contributed by atoms with Gasteiger partial charge in [0.05, 0.1) is 5.60 Å². The van der Waals surface area contributed by atoms with Gasteiger partial charge in [-0.2, -0.15) is 4.98 Å². The minimum absolute atomic E-state index is 0.0260. The summed E-state index contributed by atoms with van der Waals surface area (Å²) in [5.74, 6) is 0.546. The van der Waals surface area contributed by atoms with Crippen LogP contribution in [0.3, 0.4) is 0 Å². The quantitative estimate of drug-likeness (QED) is 0.906. The van der Waals surface area contributed by atoms with Crippen LogP contribution in [0, 0.1) is 0 Å². The second kappa shape index (κ2) is 5.30. The third-order valence-electron chi connectivity index (χ3n) is 3.13. The highest BCUT2D eigenvalue weighted by Gasteiger charge is 2.28. The van der Waals surface area contributed by atoms with Gasteiger partial charge in [0, 0.05) is 31.5 Å². The van der Waals surface area contributed by atoms with E-state index in [1.54, 1.807) is 18.5 Å². The lowest BCUT2D eigenvalue weighted by Gasteiger charge is -2.36. The molecule has 0 aliphatic carbocycles. The number of ether oxygens (including phenoxy) is 2. The molecule has 0 aromatic carbocycles. The molecule has 1 saturated heterocycles. The number of morpholine rings is 1. The Morgan fingerprint density at radius 3 is 3.05 bits per heavy atom. The van der Waals surface area contributed by atoms with Gasteiger partial charge in [-0.15, -0.1) is 0 Å². The molecule has 0 spiro atoms. The smallest absolute Gasteiger partial charge is 0.215 e. The average molecular weight is 274 g/mol. The number of aromatic nitrogens is 3. The lowest BCUT2D eigenvalue weighted by atomic mass is 10.1. The van der Waals surface area contributed by atoms with Crippen molar-refractivity contribution in [3.05, 3.63) is 24.5 Å². The van der Waals surface area contributed by atoms with E-state index in [2.05, 4.69) is 34.1 Å². The van der Waals surface area contributed by atoms with E-state index < -0.39 is 0 Å². The predicted octanol–water partition coefficient (Wildman–Crippen LogP) is 1.17. The van der Waals surface area contributed by atoms with Crippen LogP contribution in [0.15, 0.2) is 24.5 Å². The van der Waals surface area contributed by atoms with Crippen molar-refractivity contribution in [2.24, 2.45) is 0 Å². The molecule has 1 N–H and O–H groups in total. The normalized spacial score (nSPS) is 21.8. The summed E-state index contributed by atoms with van der Waals surface area (Å²) in [4.78, 5) is 12.7. The molecule has 2 aromatic rings. The zero-order chi connectivity index (χ0) is 14.0. The van der Waals surface area contributed by atoms with Crippen LogP contribution in [0.4, 0.5) is 0 Å². The number of hydrogen-bond donors (Lipinski definition) is 1. The van der Waals surface area contributed by atoms with Crippen molar-refractivity contribution >= 4 is 11.2 Å². The SMILES string of the molecule is CC1(C)CNCC(COc2ccc3nccnc3n2)O1. The van der Waals surface area contributed by atoms with E-state index in [4.69, 9.17) is 9.47 Å². The molecule has 1 fully saturated rings. The van der Waals surface area contributed by atoms with Gasteiger partial charge < -0.3 is 14.8 Å². The first-order chi connectivity index (χ1) is 9.62. The number of pyridine rings is 1. The molecule has 1 atom stereocenters. The van der Waals surface area contributed by atoms with Crippen molar-refractivity contribution in [3.63, 3.8) is 0 Å². The summed E-state index contributed by atoms with van der Waals surface area (Å²) < 4.78 is 11.6.